The highest BCUT2D eigenvalue weighted by Gasteiger charge is 2.23. The molecule has 1 aliphatic heterocycles. The highest BCUT2D eigenvalue weighted by molar-refractivity contribution is 14.0. The van der Waals surface area contributed by atoms with E-state index in [0.29, 0.717) is 24.4 Å². The van der Waals surface area contributed by atoms with E-state index in [1.54, 1.807) is 11.3 Å². The van der Waals surface area contributed by atoms with Gasteiger partial charge in [0.05, 0.1) is 25.5 Å². The molecular weight excluding hydrogens is 473 g/mol. The van der Waals surface area contributed by atoms with E-state index >= 15 is 0 Å². The molecule has 0 spiro atoms. The lowest BCUT2D eigenvalue weighted by Gasteiger charge is -2.37. The SMILES string of the molecule is CCNC(=NCc1nc(C(C)C)cs1)NCC(C(C)C)N1CCOCC1.I. The Morgan fingerprint density at radius 1 is 1.26 bits per heavy atom. The molecule has 1 aromatic heterocycles. The van der Waals surface area contributed by atoms with E-state index in [4.69, 9.17) is 9.73 Å². The third-order valence-corrected chi connectivity index (χ3v) is 5.49. The summed E-state index contributed by atoms with van der Waals surface area (Å²) in [6.45, 7) is 17.1. The minimum absolute atomic E-state index is 0. The smallest absolute Gasteiger partial charge is 0.191 e. The minimum Gasteiger partial charge on any atom is -0.379 e. The van der Waals surface area contributed by atoms with Crippen LogP contribution >= 0.6 is 35.3 Å². The average molecular weight is 510 g/mol. The van der Waals surface area contributed by atoms with Crippen LogP contribution in [-0.4, -0.2) is 61.3 Å². The summed E-state index contributed by atoms with van der Waals surface area (Å²) in [6.07, 6.45) is 0. The quantitative estimate of drug-likeness (QED) is 0.320. The lowest BCUT2D eigenvalue weighted by Crippen LogP contribution is -2.52. The third kappa shape index (κ3) is 8.21. The standard InChI is InChI=1S/C19H35N5OS.HI/c1-6-20-19(22-12-18-23-16(13-26-18)14(2)3)21-11-17(15(4)5)24-7-9-25-10-8-24;/h13-15,17H,6-12H2,1-5H3,(H2,20,21,22);1H. The Hall–Kier alpha value is -0.450. The number of rotatable bonds is 8. The fraction of sp³-hybridized carbons (Fsp3) is 0.789. The molecule has 0 bridgehead atoms. The van der Waals surface area contributed by atoms with Crippen molar-refractivity contribution in [1.82, 2.24) is 20.5 Å². The van der Waals surface area contributed by atoms with Gasteiger partial charge in [0.1, 0.15) is 5.01 Å². The summed E-state index contributed by atoms with van der Waals surface area (Å²) >= 11 is 1.69. The fourth-order valence-electron chi connectivity index (χ4n) is 3.05. The van der Waals surface area contributed by atoms with Crippen molar-refractivity contribution >= 4 is 41.3 Å². The van der Waals surface area contributed by atoms with E-state index in [1.807, 2.05) is 0 Å². The van der Waals surface area contributed by atoms with Gasteiger partial charge < -0.3 is 15.4 Å². The number of nitrogens with one attached hydrogen (secondary N) is 2. The molecular formula is C19H36IN5OS. The minimum atomic E-state index is 0. The summed E-state index contributed by atoms with van der Waals surface area (Å²) in [6, 6.07) is 0.482. The lowest BCUT2D eigenvalue weighted by atomic mass is 10.0. The fourth-order valence-corrected chi connectivity index (χ4v) is 3.93. The number of halogens is 1. The van der Waals surface area contributed by atoms with Crippen LogP contribution in [0.4, 0.5) is 0 Å². The molecule has 156 valence electrons. The van der Waals surface area contributed by atoms with E-state index in [9.17, 15) is 0 Å². The molecule has 2 N–H and O–H groups in total. The summed E-state index contributed by atoms with van der Waals surface area (Å²) in [5.41, 5.74) is 1.16. The average Bonchev–Trinajstić information content (AvgIpc) is 3.10. The molecule has 2 heterocycles. The van der Waals surface area contributed by atoms with Crippen LogP contribution in [0.25, 0.3) is 0 Å². The summed E-state index contributed by atoms with van der Waals surface area (Å²) in [5.74, 6) is 1.92. The second-order valence-corrected chi connectivity index (χ2v) is 8.30. The van der Waals surface area contributed by atoms with Crippen molar-refractivity contribution in [3.05, 3.63) is 16.1 Å². The van der Waals surface area contributed by atoms with Crippen molar-refractivity contribution in [1.29, 1.82) is 0 Å². The maximum absolute atomic E-state index is 5.50. The molecule has 1 aliphatic rings. The molecule has 1 fully saturated rings. The molecule has 0 saturated carbocycles. The van der Waals surface area contributed by atoms with Gasteiger partial charge in [-0.1, -0.05) is 27.7 Å². The number of morpholine rings is 1. The number of guanidine groups is 1. The number of hydrogen-bond acceptors (Lipinski definition) is 5. The number of ether oxygens (including phenoxy) is 1. The van der Waals surface area contributed by atoms with Gasteiger partial charge in [0.15, 0.2) is 5.96 Å². The van der Waals surface area contributed by atoms with Gasteiger partial charge in [0, 0.05) is 37.6 Å². The number of nitrogens with zero attached hydrogens (tertiary/aromatic N) is 3. The summed E-state index contributed by atoms with van der Waals surface area (Å²) in [5, 5.41) is 10.1. The summed E-state index contributed by atoms with van der Waals surface area (Å²) < 4.78 is 5.50. The Bertz CT molecular complexity index is 558. The zero-order valence-electron chi connectivity index (χ0n) is 17.3. The van der Waals surface area contributed by atoms with Gasteiger partial charge in [-0.25, -0.2) is 9.98 Å². The Kier molecular flexibility index (Phi) is 11.7. The first kappa shape index (κ1) is 24.6. The van der Waals surface area contributed by atoms with E-state index in [0.717, 1.165) is 56.1 Å². The van der Waals surface area contributed by atoms with E-state index in [-0.39, 0.29) is 24.0 Å². The van der Waals surface area contributed by atoms with Gasteiger partial charge in [0.25, 0.3) is 0 Å². The normalized spacial score (nSPS) is 17.1. The monoisotopic (exact) mass is 509 g/mol. The first-order chi connectivity index (χ1) is 12.5. The maximum atomic E-state index is 5.50. The predicted molar refractivity (Wildman–Crippen MR) is 125 cm³/mol. The maximum Gasteiger partial charge on any atom is 0.191 e. The third-order valence-electron chi connectivity index (χ3n) is 4.64. The summed E-state index contributed by atoms with van der Waals surface area (Å²) in [7, 11) is 0. The van der Waals surface area contributed by atoms with Crippen LogP contribution in [0.2, 0.25) is 0 Å². The van der Waals surface area contributed by atoms with E-state index < -0.39 is 0 Å². The highest BCUT2D eigenvalue weighted by Crippen LogP contribution is 2.18. The molecule has 0 aliphatic carbocycles. The molecule has 27 heavy (non-hydrogen) atoms. The van der Waals surface area contributed by atoms with Crippen LogP contribution in [0.1, 0.15) is 51.2 Å². The largest absolute Gasteiger partial charge is 0.379 e. The van der Waals surface area contributed by atoms with E-state index in [1.165, 1.54) is 0 Å². The van der Waals surface area contributed by atoms with E-state index in [2.05, 4.69) is 60.5 Å². The molecule has 0 aromatic carbocycles. The van der Waals surface area contributed by atoms with Crippen LogP contribution in [-0.2, 0) is 11.3 Å². The first-order valence-electron chi connectivity index (χ1n) is 9.79. The number of hydrogen-bond donors (Lipinski definition) is 2. The van der Waals surface area contributed by atoms with Crippen molar-refractivity contribution in [2.45, 2.75) is 53.1 Å². The molecule has 0 amide bonds. The van der Waals surface area contributed by atoms with Crippen molar-refractivity contribution in [2.24, 2.45) is 10.9 Å². The summed E-state index contributed by atoms with van der Waals surface area (Å²) in [4.78, 5) is 11.9. The molecule has 1 unspecified atom stereocenters. The molecule has 6 nitrogen and oxygen atoms in total. The number of aromatic nitrogens is 1. The molecule has 2 rings (SSSR count). The molecule has 0 radical (unpaired) electrons. The van der Waals surface area contributed by atoms with Crippen LogP contribution in [0.3, 0.4) is 0 Å². The topological polar surface area (TPSA) is 61.8 Å². The van der Waals surface area contributed by atoms with Crippen molar-refractivity contribution in [3.63, 3.8) is 0 Å². The predicted octanol–water partition coefficient (Wildman–Crippen LogP) is 3.30. The van der Waals surface area contributed by atoms with Gasteiger partial charge in [0.2, 0.25) is 0 Å². The van der Waals surface area contributed by atoms with Crippen LogP contribution < -0.4 is 10.6 Å². The zero-order valence-corrected chi connectivity index (χ0v) is 20.5. The highest BCUT2D eigenvalue weighted by atomic mass is 127. The Morgan fingerprint density at radius 3 is 2.52 bits per heavy atom. The van der Waals surface area contributed by atoms with Gasteiger partial charge in [-0.3, -0.25) is 4.90 Å². The zero-order chi connectivity index (χ0) is 18.9. The van der Waals surface area contributed by atoms with Gasteiger partial charge in [-0.15, -0.1) is 35.3 Å². The molecule has 1 atom stereocenters. The van der Waals surface area contributed by atoms with Gasteiger partial charge in [-0.2, -0.15) is 0 Å². The number of thiazole rings is 1. The Labute approximate surface area is 185 Å². The van der Waals surface area contributed by atoms with Crippen molar-refractivity contribution < 1.29 is 4.74 Å². The lowest BCUT2D eigenvalue weighted by molar-refractivity contribution is 0.00752. The Morgan fingerprint density at radius 2 is 1.96 bits per heavy atom. The molecule has 1 aromatic rings. The second kappa shape index (κ2) is 12.9. The van der Waals surface area contributed by atoms with Crippen LogP contribution in [0, 0.1) is 5.92 Å². The van der Waals surface area contributed by atoms with Crippen molar-refractivity contribution in [3.8, 4) is 0 Å². The van der Waals surface area contributed by atoms with Crippen LogP contribution in [0.5, 0.6) is 0 Å². The van der Waals surface area contributed by atoms with Gasteiger partial charge in [-0.05, 0) is 18.8 Å². The first-order valence-corrected chi connectivity index (χ1v) is 10.7. The van der Waals surface area contributed by atoms with Crippen LogP contribution in [0.15, 0.2) is 10.4 Å². The molecule has 8 heteroatoms. The van der Waals surface area contributed by atoms with Crippen molar-refractivity contribution in [2.75, 3.05) is 39.4 Å². The van der Waals surface area contributed by atoms with Gasteiger partial charge >= 0.3 is 0 Å². The second-order valence-electron chi connectivity index (χ2n) is 7.36. The number of aliphatic imine (C=N–C) groups is 1. The molecule has 1 saturated heterocycles. The Balaban J connectivity index is 0.00000364.